The van der Waals surface area contributed by atoms with E-state index in [1.807, 2.05) is 43.9 Å². The predicted octanol–water partition coefficient (Wildman–Crippen LogP) is 2.97. The minimum atomic E-state index is -0.410. The predicted molar refractivity (Wildman–Crippen MR) is 83.3 cm³/mol. The summed E-state index contributed by atoms with van der Waals surface area (Å²) in [4.78, 5) is 26.2. The van der Waals surface area contributed by atoms with Crippen molar-refractivity contribution in [1.82, 2.24) is 0 Å². The molecule has 0 atom stereocenters. The second-order valence-corrected chi connectivity index (χ2v) is 7.06. The molecule has 0 saturated heterocycles. The maximum absolute atomic E-state index is 12.2. The number of nitrogens with zero attached hydrogens (tertiary/aromatic N) is 1. The van der Waals surface area contributed by atoms with Crippen molar-refractivity contribution in [2.24, 2.45) is 11.3 Å². The third-order valence-electron chi connectivity index (χ3n) is 4.11. The third-order valence-corrected chi connectivity index (χ3v) is 4.11. The van der Waals surface area contributed by atoms with Gasteiger partial charge in [0.2, 0.25) is 11.8 Å². The van der Waals surface area contributed by atoms with Crippen molar-refractivity contribution in [1.29, 1.82) is 0 Å². The van der Waals surface area contributed by atoms with Gasteiger partial charge in [-0.15, -0.1) is 0 Å². The van der Waals surface area contributed by atoms with Crippen molar-refractivity contribution in [2.75, 3.05) is 16.8 Å². The summed E-state index contributed by atoms with van der Waals surface area (Å²) >= 11 is 0. The first-order valence-corrected chi connectivity index (χ1v) is 7.62. The molecule has 2 amide bonds. The molecule has 4 heteroatoms. The smallest absolute Gasteiger partial charge is 0.230 e. The van der Waals surface area contributed by atoms with Gasteiger partial charge >= 0.3 is 0 Å². The molecule has 1 aromatic carbocycles. The van der Waals surface area contributed by atoms with Crippen LogP contribution in [0.15, 0.2) is 18.2 Å². The number of hydrogen-bond acceptors (Lipinski definition) is 2. The molecule has 1 fully saturated rings. The zero-order chi connectivity index (χ0) is 15.2. The first-order valence-electron chi connectivity index (χ1n) is 7.62. The highest BCUT2D eigenvalue weighted by Crippen LogP contribution is 2.37. The fourth-order valence-electron chi connectivity index (χ4n) is 2.58. The highest BCUT2D eigenvalue weighted by Gasteiger charge is 2.36. The van der Waals surface area contributed by atoms with Crippen molar-refractivity contribution in [3.05, 3.63) is 23.8 Å². The Morgan fingerprint density at radius 1 is 1.24 bits per heavy atom. The second-order valence-electron chi connectivity index (χ2n) is 7.06. The van der Waals surface area contributed by atoms with Gasteiger partial charge in [0.15, 0.2) is 0 Å². The van der Waals surface area contributed by atoms with Crippen molar-refractivity contribution in [3.63, 3.8) is 0 Å². The largest absolute Gasteiger partial charge is 0.326 e. The van der Waals surface area contributed by atoms with Crippen LogP contribution >= 0.6 is 0 Å². The number of carbonyl (C=O) groups excluding carboxylic acids is 2. The average Bonchev–Trinajstić information content (AvgIpc) is 3.17. The Morgan fingerprint density at radius 2 is 1.95 bits per heavy atom. The van der Waals surface area contributed by atoms with E-state index in [0.29, 0.717) is 0 Å². The van der Waals surface area contributed by atoms with Gasteiger partial charge in [0, 0.05) is 29.3 Å². The van der Waals surface area contributed by atoms with E-state index in [4.69, 9.17) is 0 Å². The van der Waals surface area contributed by atoms with E-state index >= 15 is 0 Å². The highest BCUT2D eigenvalue weighted by atomic mass is 16.2. The number of benzene rings is 1. The molecule has 1 saturated carbocycles. The SMILES string of the molecule is CC(C)(C)C(=O)Nc1ccc2c(c1)CCN2C(=O)C1CC1. The van der Waals surface area contributed by atoms with E-state index in [9.17, 15) is 9.59 Å². The molecule has 1 aromatic rings. The number of fused-ring (bicyclic) bond motifs is 1. The Bertz CT molecular complexity index is 597. The van der Waals surface area contributed by atoms with E-state index < -0.39 is 5.41 Å². The summed E-state index contributed by atoms with van der Waals surface area (Å²) in [6, 6.07) is 5.85. The van der Waals surface area contributed by atoms with E-state index in [2.05, 4.69) is 5.32 Å². The fourth-order valence-corrected chi connectivity index (χ4v) is 2.58. The van der Waals surface area contributed by atoms with Crippen LogP contribution in [0.4, 0.5) is 11.4 Å². The molecule has 0 unspecified atom stereocenters. The molecule has 3 rings (SSSR count). The van der Waals surface area contributed by atoms with Crippen molar-refractivity contribution in [3.8, 4) is 0 Å². The van der Waals surface area contributed by atoms with Crippen LogP contribution < -0.4 is 10.2 Å². The van der Waals surface area contributed by atoms with E-state index in [0.717, 1.165) is 42.7 Å². The molecule has 1 N–H and O–H groups in total. The van der Waals surface area contributed by atoms with E-state index in [1.165, 1.54) is 0 Å². The molecule has 21 heavy (non-hydrogen) atoms. The Hall–Kier alpha value is -1.84. The molecular weight excluding hydrogens is 264 g/mol. The zero-order valence-corrected chi connectivity index (χ0v) is 12.9. The summed E-state index contributed by atoms with van der Waals surface area (Å²) in [5.74, 6) is 0.516. The van der Waals surface area contributed by atoms with Gasteiger partial charge in [0.05, 0.1) is 0 Å². The Labute approximate surface area is 125 Å². The van der Waals surface area contributed by atoms with Gasteiger partial charge in [-0.1, -0.05) is 20.8 Å². The molecule has 2 aliphatic rings. The first kappa shape index (κ1) is 14.1. The summed E-state index contributed by atoms with van der Waals surface area (Å²) in [6.45, 7) is 6.45. The van der Waals surface area contributed by atoms with Crippen LogP contribution in [0.2, 0.25) is 0 Å². The van der Waals surface area contributed by atoms with E-state index in [-0.39, 0.29) is 17.7 Å². The fraction of sp³-hybridized carbons (Fsp3) is 0.529. The van der Waals surface area contributed by atoms with Crippen molar-refractivity contribution >= 4 is 23.2 Å². The number of hydrogen-bond donors (Lipinski definition) is 1. The molecule has 1 heterocycles. The van der Waals surface area contributed by atoms with Crippen molar-refractivity contribution in [2.45, 2.75) is 40.0 Å². The lowest BCUT2D eigenvalue weighted by Crippen LogP contribution is -2.30. The Kier molecular flexibility index (Phi) is 3.27. The van der Waals surface area contributed by atoms with Crippen LogP contribution in [0.3, 0.4) is 0 Å². The van der Waals surface area contributed by atoms with Gasteiger partial charge in [-0.25, -0.2) is 0 Å². The van der Waals surface area contributed by atoms with Gasteiger partial charge < -0.3 is 10.2 Å². The van der Waals surface area contributed by atoms with Gasteiger partial charge in [0.25, 0.3) is 0 Å². The molecule has 1 aliphatic carbocycles. The lowest BCUT2D eigenvalue weighted by atomic mass is 9.95. The molecule has 0 radical (unpaired) electrons. The van der Waals surface area contributed by atoms with Gasteiger partial charge in [-0.05, 0) is 43.0 Å². The molecule has 112 valence electrons. The summed E-state index contributed by atoms with van der Waals surface area (Å²) in [7, 11) is 0. The van der Waals surface area contributed by atoms with Crippen LogP contribution in [0, 0.1) is 11.3 Å². The average molecular weight is 286 g/mol. The van der Waals surface area contributed by atoms with Gasteiger partial charge in [-0.2, -0.15) is 0 Å². The monoisotopic (exact) mass is 286 g/mol. The summed E-state index contributed by atoms with van der Waals surface area (Å²) in [5.41, 5.74) is 2.57. The van der Waals surface area contributed by atoms with Crippen LogP contribution in [0.25, 0.3) is 0 Å². The summed E-state index contributed by atoms with van der Waals surface area (Å²) < 4.78 is 0. The Balaban J connectivity index is 1.77. The number of rotatable bonds is 2. The number of nitrogens with one attached hydrogen (secondary N) is 1. The molecule has 0 bridgehead atoms. The normalized spacial score (nSPS) is 17.6. The summed E-state index contributed by atoms with van der Waals surface area (Å²) in [6.07, 6.45) is 2.93. The topological polar surface area (TPSA) is 49.4 Å². The third kappa shape index (κ3) is 2.80. The maximum atomic E-state index is 12.2. The quantitative estimate of drug-likeness (QED) is 0.908. The Morgan fingerprint density at radius 3 is 2.57 bits per heavy atom. The van der Waals surface area contributed by atoms with E-state index in [1.54, 1.807) is 0 Å². The van der Waals surface area contributed by atoms with Crippen LogP contribution in [-0.4, -0.2) is 18.4 Å². The molecule has 0 aromatic heterocycles. The summed E-state index contributed by atoms with van der Waals surface area (Å²) in [5, 5.41) is 2.95. The highest BCUT2D eigenvalue weighted by molar-refractivity contribution is 5.99. The molecule has 4 nitrogen and oxygen atoms in total. The van der Waals surface area contributed by atoms with Crippen LogP contribution in [0.1, 0.15) is 39.2 Å². The minimum absolute atomic E-state index is 0.00589. The number of amides is 2. The number of carbonyl (C=O) groups is 2. The molecule has 0 spiro atoms. The van der Waals surface area contributed by atoms with Crippen molar-refractivity contribution < 1.29 is 9.59 Å². The van der Waals surface area contributed by atoms with Gasteiger partial charge in [-0.3, -0.25) is 9.59 Å². The molecule has 1 aliphatic heterocycles. The molecular formula is C17H22N2O2. The first-order chi connectivity index (χ1) is 9.86. The van der Waals surface area contributed by atoms with Crippen LogP contribution in [-0.2, 0) is 16.0 Å². The van der Waals surface area contributed by atoms with Crippen LogP contribution in [0.5, 0.6) is 0 Å². The van der Waals surface area contributed by atoms with Gasteiger partial charge in [0.1, 0.15) is 0 Å². The lowest BCUT2D eigenvalue weighted by Gasteiger charge is -2.19. The zero-order valence-electron chi connectivity index (χ0n) is 12.9. The minimum Gasteiger partial charge on any atom is -0.326 e. The second kappa shape index (κ2) is 4.86. The standard InChI is InChI=1S/C17H22N2O2/c1-17(2,3)16(21)18-13-6-7-14-12(10-13)8-9-19(14)15(20)11-4-5-11/h6-7,10-11H,4-5,8-9H2,1-3H3,(H,18,21). The lowest BCUT2D eigenvalue weighted by molar-refractivity contribution is -0.123. The number of anilines is 2. The maximum Gasteiger partial charge on any atom is 0.230 e.